The Kier molecular flexibility index (Phi) is 5.11. The molecule has 0 aliphatic heterocycles. The minimum absolute atomic E-state index is 0.0371. The Labute approximate surface area is 118 Å². The van der Waals surface area contributed by atoms with E-state index in [-0.39, 0.29) is 29.1 Å². The van der Waals surface area contributed by atoms with E-state index in [1.54, 1.807) is 6.92 Å². The summed E-state index contributed by atoms with van der Waals surface area (Å²) in [7, 11) is -3.89. The number of carbonyl (C=O) groups is 1. The zero-order chi connectivity index (χ0) is 14.6. The van der Waals surface area contributed by atoms with Gasteiger partial charge in [-0.2, -0.15) is 9.57 Å². The van der Waals surface area contributed by atoms with E-state index in [0.29, 0.717) is 0 Å². The lowest BCUT2D eigenvalue weighted by molar-refractivity contribution is 0.0661. The molecule has 1 heterocycles. The molecule has 0 fully saturated rings. The lowest BCUT2D eigenvalue weighted by atomic mass is 10.5. The van der Waals surface area contributed by atoms with Crippen molar-refractivity contribution in [3.8, 4) is 6.07 Å². The third-order valence-electron chi connectivity index (χ3n) is 2.31. The van der Waals surface area contributed by atoms with Crippen LogP contribution in [-0.4, -0.2) is 36.9 Å². The SMILES string of the molecule is CCN(CCC#N)S(=O)(=O)c1cc(C(=O)O)oc1Br. The number of hydrogen-bond donors (Lipinski definition) is 1. The summed E-state index contributed by atoms with van der Waals surface area (Å²) in [5.74, 6) is -1.83. The highest BCUT2D eigenvalue weighted by Crippen LogP contribution is 2.28. The van der Waals surface area contributed by atoms with Crippen LogP contribution in [0, 0.1) is 11.3 Å². The minimum Gasteiger partial charge on any atom is -0.475 e. The fraction of sp³-hybridized carbons (Fsp3) is 0.400. The van der Waals surface area contributed by atoms with E-state index in [1.807, 2.05) is 6.07 Å². The fourth-order valence-electron chi connectivity index (χ4n) is 1.40. The molecule has 104 valence electrons. The molecule has 1 N–H and O–H groups in total. The van der Waals surface area contributed by atoms with Crippen LogP contribution in [0.25, 0.3) is 0 Å². The van der Waals surface area contributed by atoms with E-state index in [1.165, 1.54) is 0 Å². The maximum Gasteiger partial charge on any atom is 0.371 e. The molecule has 0 unspecified atom stereocenters. The number of nitriles is 1. The number of rotatable bonds is 6. The normalized spacial score (nSPS) is 11.5. The molecule has 1 rings (SSSR count). The predicted octanol–water partition coefficient (Wildman–Crippen LogP) is 1.66. The monoisotopic (exact) mass is 350 g/mol. The Balaban J connectivity index is 3.19. The molecule has 0 atom stereocenters. The van der Waals surface area contributed by atoms with Gasteiger partial charge in [0.25, 0.3) is 0 Å². The maximum absolute atomic E-state index is 12.3. The molecule has 0 bridgehead atoms. The van der Waals surface area contributed by atoms with Crippen molar-refractivity contribution in [1.82, 2.24) is 4.31 Å². The summed E-state index contributed by atoms with van der Waals surface area (Å²) in [6.45, 7) is 1.83. The highest BCUT2D eigenvalue weighted by Gasteiger charge is 2.29. The lowest BCUT2D eigenvalue weighted by Crippen LogP contribution is -2.31. The van der Waals surface area contributed by atoms with E-state index < -0.39 is 21.8 Å². The topological polar surface area (TPSA) is 112 Å². The van der Waals surface area contributed by atoms with Crippen LogP contribution in [-0.2, 0) is 10.0 Å². The quantitative estimate of drug-likeness (QED) is 0.834. The van der Waals surface area contributed by atoms with Crippen LogP contribution in [0.3, 0.4) is 0 Å². The van der Waals surface area contributed by atoms with E-state index in [4.69, 9.17) is 14.8 Å². The first-order valence-corrected chi connectivity index (χ1v) is 7.47. The zero-order valence-corrected chi connectivity index (χ0v) is 12.4. The molecule has 19 heavy (non-hydrogen) atoms. The van der Waals surface area contributed by atoms with Crippen molar-refractivity contribution in [2.24, 2.45) is 0 Å². The van der Waals surface area contributed by atoms with Crippen LogP contribution in [0.4, 0.5) is 0 Å². The van der Waals surface area contributed by atoms with Crippen molar-refractivity contribution in [3.63, 3.8) is 0 Å². The van der Waals surface area contributed by atoms with E-state index in [0.717, 1.165) is 10.4 Å². The van der Waals surface area contributed by atoms with Gasteiger partial charge in [-0.1, -0.05) is 6.92 Å². The number of halogens is 1. The fourth-order valence-corrected chi connectivity index (χ4v) is 3.75. The highest BCUT2D eigenvalue weighted by molar-refractivity contribution is 9.10. The summed E-state index contributed by atoms with van der Waals surface area (Å²) in [5.41, 5.74) is 0. The molecule has 7 nitrogen and oxygen atoms in total. The molecule has 1 aromatic heterocycles. The van der Waals surface area contributed by atoms with Gasteiger partial charge in [-0.05, 0) is 15.9 Å². The van der Waals surface area contributed by atoms with Gasteiger partial charge < -0.3 is 9.52 Å². The summed E-state index contributed by atoms with van der Waals surface area (Å²) < 4.78 is 30.2. The van der Waals surface area contributed by atoms with Gasteiger partial charge in [0.15, 0.2) is 4.67 Å². The molecule has 9 heteroatoms. The summed E-state index contributed by atoms with van der Waals surface area (Å²) >= 11 is 2.89. The maximum atomic E-state index is 12.3. The van der Waals surface area contributed by atoms with Crippen molar-refractivity contribution in [2.45, 2.75) is 18.2 Å². The van der Waals surface area contributed by atoms with Gasteiger partial charge in [0.05, 0.1) is 6.07 Å². The van der Waals surface area contributed by atoms with Crippen LogP contribution in [0.15, 0.2) is 20.0 Å². The van der Waals surface area contributed by atoms with Crippen LogP contribution >= 0.6 is 15.9 Å². The Bertz CT molecular complexity index is 616. The molecular weight excluding hydrogens is 340 g/mol. The van der Waals surface area contributed by atoms with Gasteiger partial charge in [-0.25, -0.2) is 13.2 Å². The zero-order valence-electron chi connectivity index (χ0n) is 9.96. The number of nitrogens with zero attached hydrogens (tertiary/aromatic N) is 2. The van der Waals surface area contributed by atoms with Gasteiger partial charge in [-0.3, -0.25) is 0 Å². The molecule has 1 aromatic rings. The first-order chi connectivity index (χ1) is 8.84. The third kappa shape index (κ3) is 3.34. The van der Waals surface area contributed by atoms with Crippen molar-refractivity contribution >= 4 is 31.9 Å². The van der Waals surface area contributed by atoms with E-state index >= 15 is 0 Å². The van der Waals surface area contributed by atoms with Crippen LogP contribution in [0.5, 0.6) is 0 Å². The largest absolute Gasteiger partial charge is 0.475 e. The molecule has 0 radical (unpaired) electrons. The minimum atomic E-state index is -3.89. The van der Waals surface area contributed by atoms with Crippen molar-refractivity contribution in [3.05, 3.63) is 16.5 Å². The number of carboxylic acids is 1. The van der Waals surface area contributed by atoms with Crippen molar-refractivity contribution in [2.75, 3.05) is 13.1 Å². The second-order valence-electron chi connectivity index (χ2n) is 3.46. The van der Waals surface area contributed by atoms with Crippen molar-refractivity contribution < 1.29 is 22.7 Å². The molecule has 0 saturated carbocycles. The standard InChI is InChI=1S/C10H11BrN2O5S/c1-2-13(5-3-4-12)19(16,17)8-6-7(10(14)15)18-9(8)11/h6H,2-3,5H2,1H3,(H,14,15). The van der Waals surface area contributed by atoms with Crippen molar-refractivity contribution in [1.29, 1.82) is 5.26 Å². The average Bonchev–Trinajstić information content (AvgIpc) is 2.73. The van der Waals surface area contributed by atoms with Gasteiger partial charge in [0.2, 0.25) is 15.8 Å². The number of sulfonamides is 1. The Morgan fingerprint density at radius 2 is 2.26 bits per heavy atom. The number of aromatic carboxylic acids is 1. The highest BCUT2D eigenvalue weighted by atomic mass is 79.9. The summed E-state index contributed by atoms with van der Waals surface area (Å²) in [5, 5.41) is 17.3. The summed E-state index contributed by atoms with van der Waals surface area (Å²) in [6.07, 6.45) is 0.0499. The first kappa shape index (κ1) is 15.7. The summed E-state index contributed by atoms with van der Waals surface area (Å²) in [6, 6.07) is 2.80. The Morgan fingerprint density at radius 1 is 1.63 bits per heavy atom. The molecule has 0 aromatic carbocycles. The molecule has 0 aliphatic rings. The number of carboxylic acid groups (broad SMARTS) is 1. The molecule has 0 spiro atoms. The summed E-state index contributed by atoms with van der Waals surface area (Å²) in [4.78, 5) is 10.5. The number of furan rings is 1. The molecule has 0 amide bonds. The van der Waals surface area contributed by atoms with Crippen LogP contribution in [0.1, 0.15) is 23.9 Å². The van der Waals surface area contributed by atoms with Gasteiger partial charge in [-0.15, -0.1) is 0 Å². The Hall–Kier alpha value is -1.37. The van der Waals surface area contributed by atoms with Crippen LogP contribution in [0.2, 0.25) is 0 Å². The smallest absolute Gasteiger partial charge is 0.371 e. The third-order valence-corrected chi connectivity index (χ3v) is 5.14. The average molecular weight is 351 g/mol. The number of hydrogen-bond acceptors (Lipinski definition) is 5. The first-order valence-electron chi connectivity index (χ1n) is 5.24. The van der Waals surface area contributed by atoms with Gasteiger partial charge >= 0.3 is 5.97 Å². The predicted molar refractivity (Wildman–Crippen MR) is 68.0 cm³/mol. The van der Waals surface area contributed by atoms with Gasteiger partial charge in [0, 0.05) is 25.6 Å². The Morgan fingerprint density at radius 3 is 2.68 bits per heavy atom. The van der Waals surface area contributed by atoms with E-state index in [2.05, 4.69) is 15.9 Å². The molecular formula is C10H11BrN2O5S. The van der Waals surface area contributed by atoms with Gasteiger partial charge in [0.1, 0.15) is 4.90 Å². The van der Waals surface area contributed by atoms with Crippen LogP contribution < -0.4 is 0 Å². The second-order valence-corrected chi connectivity index (χ2v) is 6.09. The second kappa shape index (κ2) is 6.18. The molecule has 0 saturated heterocycles. The van der Waals surface area contributed by atoms with E-state index in [9.17, 15) is 13.2 Å². The molecule has 0 aliphatic carbocycles. The lowest BCUT2D eigenvalue weighted by Gasteiger charge is -2.18.